The summed E-state index contributed by atoms with van der Waals surface area (Å²) in [5.41, 5.74) is 6.67. The van der Waals surface area contributed by atoms with Crippen LogP contribution < -0.4 is 5.73 Å². The predicted molar refractivity (Wildman–Crippen MR) is 65.3 cm³/mol. The maximum Gasteiger partial charge on any atom is 0.408 e. The molecule has 2 heterocycles. The summed E-state index contributed by atoms with van der Waals surface area (Å²) in [5.74, 6) is 0. The molecule has 0 radical (unpaired) electrons. The zero-order valence-corrected chi connectivity index (χ0v) is 11.0. The Kier molecular flexibility index (Phi) is 3.87. The third kappa shape index (κ3) is 3.94. The number of hydrogen-bond acceptors (Lipinski definition) is 3. The number of likely N-dealkylation sites (tertiary alicyclic amines) is 1. The van der Waals surface area contributed by atoms with Crippen molar-refractivity contribution < 1.29 is 13.2 Å². The lowest BCUT2D eigenvalue weighted by Gasteiger charge is -2.22. The highest BCUT2D eigenvalue weighted by molar-refractivity contribution is 5.05. The molecule has 0 amide bonds. The highest BCUT2D eigenvalue weighted by Crippen LogP contribution is 2.29. The molecule has 4 nitrogen and oxygen atoms in total. The number of halogens is 3. The number of nitrogens with two attached hydrogens (primary N) is 1. The van der Waals surface area contributed by atoms with E-state index in [1.54, 1.807) is 0 Å². The second-order valence-electron chi connectivity index (χ2n) is 5.64. The van der Waals surface area contributed by atoms with Crippen LogP contribution in [0.25, 0.3) is 0 Å². The van der Waals surface area contributed by atoms with Crippen LogP contribution in [0.15, 0.2) is 12.4 Å². The fourth-order valence-corrected chi connectivity index (χ4v) is 2.44. The van der Waals surface area contributed by atoms with Crippen LogP contribution in [0.2, 0.25) is 0 Å². The molecule has 1 aliphatic rings. The van der Waals surface area contributed by atoms with E-state index in [1.807, 2.05) is 0 Å². The standard InChI is InChI=1S/C12H19F3N4/c1-11(7-16)2-3-18(8-11)5-10-4-17-19(6-10)9-12(13,14)15/h4,6H,2-3,5,7-9,16H2,1H3. The van der Waals surface area contributed by atoms with Gasteiger partial charge in [0.05, 0.1) is 6.20 Å². The minimum absolute atomic E-state index is 0.127. The Hall–Kier alpha value is -1.08. The molecule has 7 heteroatoms. The first-order valence-corrected chi connectivity index (χ1v) is 6.30. The highest BCUT2D eigenvalue weighted by atomic mass is 19.4. The van der Waals surface area contributed by atoms with Crippen molar-refractivity contribution >= 4 is 0 Å². The van der Waals surface area contributed by atoms with Gasteiger partial charge in [0.2, 0.25) is 0 Å². The zero-order valence-electron chi connectivity index (χ0n) is 11.0. The third-order valence-corrected chi connectivity index (χ3v) is 3.56. The fraction of sp³-hybridized carbons (Fsp3) is 0.750. The van der Waals surface area contributed by atoms with E-state index in [9.17, 15) is 13.2 Å². The average molecular weight is 276 g/mol. The van der Waals surface area contributed by atoms with Gasteiger partial charge in [-0.25, -0.2) is 0 Å². The van der Waals surface area contributed by atoms with Gasteiger partial charge in [-0.2, -0.15) is 18.3 Å². The smallest absolute Gasteiger partial charge is 0.330 e. The monoisotopic (exact) mass is 276 g/mol. The third-order valence-electron chi connectivity index (χ3n) is 3.56. The van der Waals surface area contributed by atoms with Crippen molar-refractivity contribution in [1.82, 2.24) is 14.7 Å². The summed E-state index contributed by atoms with van der Waals surface area (Å²) in [7, 11) is 0. The van der Waals surface area contributed by atoms with Crippen LogP contribution in [0, 0.1) is 5.41 Å². The SMILES string of the molecule is CC1(CN)CCN(Cc2cnn(CC(F)(F)F)c2)C1. The number of rotatable bonds is 4. The van der Waals surface area contributed by atoms with Gasteiger partial charge in [0.15, 0.2) is 0 Å². The van der Waals surface area contributed by atoms with Crippen molar-refractivity contribution in [3.63, 3.8) is 0 Å². The van der Waals surface area contributed by atoms with Crippen LogP contribution in [0.4, 0.5) is 13.2 Å². The second kappa shape index (κ2) is 5.13. The Morgan fingerprint density at radius 3 is 2.79 bits per heavy atom. The van der Waals surface area contributed by atoms with Crippen molar-refractivity contribution in [3.05, 3.63) is 18.0 Å². The second-order valence-corrected chi connectivity index (χ2v) is 5.64. The molecule has 0 spiro atoms. The predicted octanol–water partition coefficient (Wildman–Crippen LogP) is 1.62. The Balaban J connectivity index is 1.91. The lowest BCUT2D eigenvalue weighted by molar-refractivity contribution is -0.142. The topological polar surface area (TPSA) is 47.1 Å². The van der Waals surface area contributed by atoms with Crippen LogP contribution in [0.1, 0.15) is 18.9 Å². The summed E-state index contributed by atoms with van der Waals surface area (Å²) in [6, 6.07) is 0. The molecule has 1 saturated heterocycles. The van der Waals surface area contributed by atoms with Crippen molar-refractivity contribution in [2.75, 3.05) is 19.6 Å². The van der Waals surface area contributed by atoms with E-state index in [0.717, 1.165) is 29.8 Å². The Morgan fingerprint density at radius 1 is 1.47 bits per heavy atom. The van der Waals surface area contributed by atoms with Crippen LogP contribution in [-0.4, -0.2) is 40.5 Å². The molecule has 2 N–H and O–H groups in total. The van der Waals surface area contributed by atoms with E-state index in [4.69, 9.17) is 5.73 Å². The molecule has 0 aliphatic carbocycles. The van der Waals surface area contributed by atoms with Gasteiger partial charge in [-0.15, -0.1) is 0 Å². The molecule has 1 atom stereocenters. The summed E-state index contributed by atoms with van der Waals surface area (Å²) < 4.78 is 37.6. The van der Waals surface area contributed by atoms with E-state index in [0.29, 0.717) is 13.1 Å². The van der Waals surface area contributed by atoms with Crippen molar-refractivity contribution in [2.24, 2.45) is 11.1 Å². The molecular weight excluding hydrogens is 257 g/mol. The van der Waals surface area contributed by atoms with Crippen molar-refractivity contribution in [3.8, 4) is 0 Å². The van der Waals surface area contributed by atoms with E-state index >= 15 is 0 Å². The molecule has 0 saturated carbocycles. The Labute approximate surface area is 110 Å². The Bertz CT molecular complexity index is 429. The number of nitrogens with zero attached hydrogens (tertiary/aromatic N) is 3. The lowest BCUT2D eigenvalue weighted by atomic mass is 9.90. The lowest BCUT2D eigenvalue weighted by Crippen LogP contribution is -2.31. The van der Waals surface area contributed by atoms with Gasteiger partial charge in [-0.1, -0.05) is 6.92 Å². The summed E-state index contributed by atoms with van der Waals surface area (Å²) >= 11 is 0. The minimum atomic E-state index is -4.23. The molecule has 0 bridgehead atoms. The van der Waals surface area contributed by atoms with Crippen LogP contribution in [0.5, 0.6) is 0 Å². The van der Waals surface area contributed by atoms with Gasteiger partial charge in [-0.3, -0.25) is 9.58 Å². The molecule has 108 valence electrons. The van der Waals surface area contributed by atoms with E-state index in [-0.39, 0.29) is 5.41 Å². The van der Waals surface area contributed by atoms with Gasteiger partial charge in [0.1, 0.15) is 6.54 Å². The number of aromatic nitrogens is 2. The molecule has 1 fully saturated rings. The summed E-state index contributed by atoms with van der Waals surface area (Å²) in [6.45, 7) is 4.18. The maximum absolute atomic E-state index is 12.2. The normalized spacial score (nSPS) is 25.1. The van der Waals surface area contributed by atoms with Crippen LogP contribution in [-0.2, 0) is 13.1 Å². The maximum atomic E-state index is 12.2. The molecule has 1 aromatic heterocycles. The average Bonchev–Trinajstić information content (AvgIpc) is 2.86. The minimum Gasteiger partial charge on any atom is -0.330 e. The molecule has 19 heavy (non-hydrogen) atoms. The van der Waals surface area contributed by atoms with Crippen LogP contribution in [0.3, 0.4) is 0 Å². The van der Waals surface area contributed by atoms with E-state index in [1.165, 1.54) is 12.4 Å². The van der Waals surface area contributed by atoms with Gasteiger partial charge in [0.25, 0.3) is 0 Å². The van der Waals surface area contributed by atoms with Gasteiger partial charge >= 0.3 is 6.18 Å². The molecule has 1 unspecified atom stereocenters. The molecule has 2 rings (SSSR count). The van der Waals surface area contributed by atoms with E-state index < -0.39 is 12.7 Å². The molecule has 0 aromatic carbocycles. The summed E-state index contributed by atoms with van der Waals surface area (Å²) in [4.78, 5) is 2.21. The summed E-state index contributed by atoms with van der Waals surface area (Å²) in [6.07, 6.45) is -0.231. The largest absolute Gasteiger partial charge is 0.408 e. The highest BCUT2D eigenvalue weighted by Gasteiger charge is 2.32. The fourth-order valence-electron chi connectivity index (χ4n) is 2.44. The first kappa shape index (κ1) is 14.3. The molecule has 1 aromatic rings. The molecule has 1 aliphatic heterocycles. The van der Waals surface area contributed by atoms with Crippen molar-refractivity contribution in [1.29, 1.82) is 0 Å². The molecular formula is C12H19F3N4. The van der Waals surface area contributed by atoms with Gasteiger partial charge in [-0.05, 0) is 24.9 Å². The van der Waals surface area contributed by atoms with Crippen molar-refractivity contribution in [2.45, 2.75) is 32.6 Å². The first-order chi connectivity index (χ1) is 8.80. The summed E-state index contributed by atoms with van der Waals surface area (Å²) in [5, 5.41) is 3.75. The van der Waals surface area contributed by atoms with Crippen LogP contribution >= 0.6 is 0 Å². The van der Waals surface area contributed by atoms with E-state index in [2.05, 4.69) is 16.9 Å². The number of hydrogen-bond donors (Lipinski definition) is 1. The van der Waals surface area contributed by atoms with Gasteiger partial charge in [0, 0.05) is 24.8 Å². The Morgan fingerprint density at radius 2 is 2.21 bits per heavy atom. The first-order valence-electron chi connectivity index (χ1n) is 6.30. The number of alkyl halides is 3. The zero-order chi connectivity index (χ0) is 14.1. The van der Waals surface area contributed by atoms with Gasteiger partial charge < -0.3 is 5.73 Å². The quantitative estimate of drug-likeness (QED) is 0.909.